The molecule has 5 N–H and O–H groups in total. The Morgan fingerprint density at radius 2 is 2.32 bits per heavy atom. The van der Waals surface area contributed by atoms with E-state index in [4.69, 9.17) is 20.9 Å². The maximum absolute atomic E-state index is 11.9. The number of hydrogen-bond acceptors (Lipinski definition) is 7. The molecule has 1 aromatic rings. The third-order valence-corrected chi connectivity index (χ3v) is 3.30. The van der Waals surface area contributed by atoms with E-state index in [-0.39, 0.29) is 12.4 Å². The molecule has 1 aromatic heterocycles. The number of methoxy groups -OCH3 is 1. The van der Waals surface area contributed by atoms with Gasteiger partial charge >= 0.3 is 5.69 Å². The molecular weight excluding hydrogens is 252 g/mol. The molecule has 0 amide bonds. The Morgan fingerprint density at radius 1 is 1.63 bits per heavy atom. The van der Waals surface area contributed by atoms with E-state index in [2.05, 4.69) is 4.98 Å². The van der Waals surface area contributed by atoms with Crippen LogP contribution in [0.3, 0.4) is 0 Å². The summed E-state index contributed by atoms with van der Waals surface area (Å²) < 4.78 is 12.1. The molecule has 8 nitrogen and oxygen atoms in total. The first-order valence-electron chi connectivity index (χ1n) is 5.89. The molecule has 4 atom stereocenters. The van der Waals surface area contributed by atoms with Crippen molar-refractivity contribution in [2.24, 2.45) is 5.73 Å². The molecule has 2 rings (SSSR count). The minimum absolute atomic E-state index is 0.177. The zero-order valence-electron chi connectivity index (χ0n) is 10.8. The van der Waals surface area contributed by atoms with E-state index in [0.29, 0.717) is 5.56 Å². The lowest BCUT2D eigenvalue weighted by Gasteiger charge is -2.21. The number of anilines is 1. The summed E-state index contributed by atoms with van der Waals surface area (Å²) in [5, 5.41) is 9.20. The van der Waals surface area contributed by atoms with Gasteiger partial charge in [-0.3, -0.25) is 4.57 Å². The first-order chi connectivity index (χ1) is 8.99. The van der Waals surface area contributed by atoms with Crippen LogP contribution in [0, 0.1) is 6.92 Å². The Morgan fingerprint density at radius 3 is 2.89 bits per heavy atom. The number of aromatic nitrogens is 2. The van der Waals surface area contributed by atoms with Crippen molar-refractivity contribution in [1.82, 2.24) is 9.55 Å². The van der Waals surface area contributed by atoms with E-state index < -0.39 is 30.2 Å². The third kappa shape index (κ3) is 2.35. The molecule has 0 aliphatic carbocycles. The van der Waals surface area contributed by atoms with Crippen molar-refractivity contribution in [2.75, 3.05) is 19.5 Å². The predicted molar refractivity (Wildman–Crippen MR) is 67.4 cm³/mol. The molecule has 2 unspecified atom stereocenters. The van der Waals surface area contributed by atoms with Crippen LogP contribution >= 0.6 is 0 Å². The number of aliphatic hydroxyl groups is 1. The summed E-state index contributed by atoms with van der Waals surface area (Å²) in [4.78, 5) is 15.6. The highest BCUT2D eigenvalue weighted by atomic mass is 16.6. The van der Waals surface area contributed by atoms with Crippen molar-refractivity contribution in [2.45, 2.75) is 31.4 Å². The maximum Gasteiger partial charge on any atom is 0.351 e. The highest BCUT2D eigenvalue weighted by Crippen LogP contribution is 2.29. The molecule has 0 spiro atoms. The number of ether oxygens (including phenoxy) is 2. The van der Waals surface area contributed by atoms with Crippen LogP contribution in [0.25, 0.3) is 0 Å². The van der Waals surface area contributed by atoms with Gasteiger partial charge in [-0.1, -0.05) is 0 Å². The van der Waals surface area contributed by atoms with Gasteiger partial charge in [0.1, 0.15) is 18.0 Å². The molecule has 1 saturated heterocycles. The lowest BCUT2D eigenvalue weighted by atomic mass is 10.1. The number of nitrogens with zero attached hydrogens (tertiary/aromatic N) is 2. The van der Waals surface area contributed by atoms with Gasteiger partial charge in [0.2, 0.25) is 0 Å². The standard InChI is InChI=1S/C11H18N4O4/c1-5-3-15(11(17)14-9(5)13)10-8(18-2)7(12)6(4-16)19-10/h3,6-8,10,16H,4,12H2,1-2H3,(H2,13,14,17)/t6-,7?,8?,10-/m1/s1. The molecule has 1 aliphatic rings. The summed E-state index contributed by atoms with van der Waals surface area (Å²) in [5.74, 6) is 0.177. The third-order valence-electron chi connectivity index (χ3n) is 3.30. The Kier molecular flexibility index (Phi) is 3.85. The summed E-state index contributed by atoms with van der Waals surface area (Å²) in [6.07, 6.45) is -0.302. The van der Waals surface area contributed by atoms with Crippen LogP contribution in [-0.4, -0.2) is 46.6 Å². The minimum atomic E-state index is -0.726. The van der Waals surface area contributed by atoms with E-state index in [9.17, 15) is 9.90 Å². The molecule has 1 fully saturated rings. The minimum Gasteiger partial charge on any atom is -0.394 e. The van der Waals surface area contributed by atoms with Gasteiger partial charge < -0.3 is 26.0 Å². The number of aryl methyl sites for hydroxylation is 1. The summed E-state index contributed by atoms with van der Waals surface area (Å²) >= 11 is 0. The predicted octanol–water partition coefficient (Wildman–Crippen LogP) is -1.63. The number of nitrogens with two attached hydrogens (primary N) is 2. The van der Waals surface area contributed by atoms with Gasteiger partial charge in [0.25, 0.3) is 0 Å². The van der Waals surface area contributed by atoms with Gasteiger partial charge in [-0.25, -0.2) is 4.79 Å². The molecule has 0 bridgehead atoms. The van der Waals surface area contributed by atoms with Gasteiger partial charge in [-0.05, 0) is 6.92 Å². The van der Waals surface area contributed by atoms with Gasteiger partial charge in [0.15, 0.2) is 6.23 Å². The highest BCUT2D eigenvalue weighted by Gasteiger charge is 2.44. The SMILES string of the molecule is COC1C(N)[C@@H](CO)O[C@H]1n1cc(C)c(N)nc1=O. The number of aliphatic hydroxyl groups excluding tert-OH is 1. The van der Waals surface area contributed by atoms with E-state index in [1.54, 1.807) is 13.1 Å². The van der Waals surface area contributed by atoms with Gasteiger partial charge in [0.05, 0.1) is 12.6 Å². The van der Waals surface area contributed by atoms with E-state index in [0.717, 1.165) is 0 Å². The second kappa shape index (κ2) is 5.25. The van der Waals surface area contributed by atoms with Crippen molar-refractivity contribution < 1.29 is 14.6 Å². The van der Waals surface area contributed by atoms with Gasteiger partial charge in [-0.2, -0.15) is 4.98 Å². The molecule has 19 heavy (non-hydrogen) atoms. The van der Waals surface area contributed by atoms with Crippen molar-refractivity contribution in [1.29, 1.82) is 0 Å². The maximum atomic E-state index is 11.9. The lowest BCUT2D eigenvalue weighted by molar-refractivity contribution is -0.0625. The molecule has 8 heteroatoms. The Hall–Kier alpha value is -1.48. The Bertz CT molecular complexity index is 518. The molecule has 2 heterocycles. The molecule has 0 aromatic carbocycles. The molecule has 0 saturated carbocycles. The first-order valence-corrected chi connectivity index (χ1v) is 5.89. The topological polar surface area (TPSA) is 126 Å². The van der Waals surface area contributed by atoms with Crippen LogP contribution in [0.4, 0.5) is 5.82 Å². The average molecular weight is 270 g/mol. The highest BCUT2D eigenvalue weighted by molar-refractivity contribution is 5.35. The van der Waals surface area contributed by atoms with Crippen LogP contribution in [-0.2, 0) is 9.47 Å². The summed E-state index contributed by atoms with van der Waals surface area (Å²) in [6.45, 7) is 1.49. The van der Waals surface area contributed by atoms with E-state index in [1.165, 1.54) is 11.7 Å². The fourth-order valence-electron chi connectivity index (χ4n) is 2.17. The van der Waals surface area contributed by atoms with E-state index >= 15 is 0 Å². The van der Waals surface area contributed by atoms with Crippen molar-refractivity contribution >= 4 is 5.82 Å². The summed E-state index contributed by atoms with van der Waals surface area (Å²) in [5.41, 5.74) is 11.6. The van der Waals surface area contributed by atoms with Crippen molar-refractivity contribution in [3.63, 3.8) is 0 Å². The first kappa shape index (κ1) is 13.9. The molecule has 1 aliphatic heterocycles. The zero-order valence-corrected chi connectivity index (χ0v) is 10.8. The quantitative estimate of drug-likeness (QED) is 0.601. The number of rotatable bonds is 3. The normalized spacial score (nSPS) is 30.7. The van der Waals surface area contributed by atoms with Crippen LogP contribution < -0.4 is 17.2 Å². The zero-order chi connectivity index (χ0) is 14.2. The van der Waals surface area contributed by atoms with Crippen LogP contribution in [0.2, 0.25) is 0 Å². The fourth-order valence-corrected chi connectivity index (χ4v) is 2.17. The fraction of sp³-hybridized carbons (Fsp3) is 0.636. The molecule has 0 radical (unpaired) electrons. The van der Waals surface area contributed by atoms with Crippen molar-refractivity contribution in [3.8, 4) is 0 Å². The largest absolute Gasteiger partial charge is 0.394 e. The molecular formula is C11H18N4O4. The smallest absolute Gasteiger partial charge is 0.351 e. The lowest BCUT2D eigenvalue weighted by Crippen LogP contribution is -2.43. The van der Waals surface area contributed by atoms with Crippen LogP contribution in [0.5, 0.6) is 0 Å². The monoisotopic (exact) mass is 270 g/mol. The second-order valence-corrected chi connectivity index (χ2v) is 4.52. The van der Waals surface area contributed by atoms with Crippen LogP contribution in [0.1, 0.15) is 11.8 Å². The van der Waals surface area contributed by atoms with Crippen LogP contribution in [0.15, 0.2) is 11.0 Å². The van der Waals surface area contributed by atoms with Gasteiger partial charge in [0, 0.05) is 18.9 Å². The number of hydrogen-bond donors (Lipinski definition) is 3. The molecule has 106 valence electrons. The summed E-state index contributed by atoms with van der Waals surface area (Å²) in [6, 6.07) is -0.523. The number of nitrogen functional groups attached to an aromatic ring is 1. The Labute approximate surface area is 109 Å². The summed E-state index contributed by atoms with van der Waals surface area (Å²) in [7, 11) is 1.48. The average Bonchev–Trinajstić information content (AvgIpc) is 2.70. The second-order valence-electron chi connectivity index (χ2n) is 4.52. The van der Waals surface area contributed by atoms with Gasteiger partial charge in [-0.15, -0.1) is 0 Å². The van der Waals surface area contributed by atoms with Crippen molar-refractivity contribution in [3.05, 3.63) is 22.2 Å². The van der Waals surface area contributed by atoms with E-state index in [1.807, 2.05) is 0 Å². The Balaban J connectivity index is 2.41.